The van der Waals surface area contributed by atoms with E-state index in [1.54, 1.807) is 36.4 Å². The van der Waals surface area contributed by atoms with Gasteiger partial charge in [-0.05, 0) is 29.8 Å². The number of benzene rings is 3. The van der Waals surface area contributed by atoms with E-state index >= 15 is 0 Å². The molecule has 0 radical (unpaired) electrons. The van der Waals surface area contributed by atoms with E-state index in [1.807, 2.05) is 48.5 Å². The van der Waals surface area contributed by atoms with Crippen molar-refractivity contribution in [1.29, 1.82) is 0 Å². The van der Waals surface area contributed by atoms with Crippen LogP contribution in [0.5, 0.6) is 5.75 Å². The lowest BCUT2D eigenvalue weighted by Gasteiger charge is -2.12. The standard InChI is InChI=1S/C27H26N4O4/c32-25(14-15-27(34)31-17-16-24(30-31)20-8-3-1-4-9-20)29-22-12-7-13-23(18-22)35-19-26(33)28-21-10-5-2-6-11-21/h1-13,18H,14-17,19H2,(H,28,33)(H,29,32). The summed E-state index contributed by atoms with van der Waals surface area (Å²) in [5, 5.41) is 11.4. The van der Waals surface area contributed by atoms with Gasteiger partial charge in [0.15, 0.2) is 6.61 Å². The molecule has 3 aromatic carbocycles. The summed E-state index contributed by atoms with van der Waals surface area (Å²) < 4.78 is 5.54. The van der Waals surface area contributed by atoms with E-state index in [0.717, 1.165) is 11.3 Å². The quantitative estimate of drug-likeness (QED) is 0.493. The number of hydrogen-bond acceptors (Lipinski definition) is 5. The van der Waals surface area contributed by atoms with Crippen LogP contribution in [0, 0.1) is 0 Å². The number of rotatable bonds is 9. The Morgan fingerprint density at radius 1 is 0.800 bits per heavy atom. The van der Waals surface area contributed by atoms with Gasteiger partial charge in [-0.25, -0.2) is 5.01 Å². The summed E-state index contributed by atoms with van der Waals surface area (Å²) >= 11 is 0. The van der Waals surface area contributed by atoms with E-state index in [-0.39, 0.29) is 37.2 Å². The largest absolute Gasteiger partial charge is 0.484 e. The van der Waals surface area contributed by atoms with Crippen LogP contribution in [0.1, 0.15) is 24.8 Å². The maximum Gasteiger partial charge on any atom is 0.262 e. The molecule has 0 atom stereocenters. The van der Waals surface area contributed by atoms with Crippen molar-refractivity contribution in [2.24, 2.45) is 5.10 Å². The van der Waals surface area contributed by atoms with Gasteiger partial charge in [-0.2, -0.15) is 5.10 Å². The molecule has 0 saturated heterocycles. The van der Waals surface area contributed by atoms with Crippen LogP contribution in [0.3, 0.4) is 0 Å². The molecule has 4 rings (SSSR count). The van der Waals surface area contributed by atoms with Crippen LogP contribution in [-0.2, 0) is 14.4 Å². The fourth-order valence-electron chi connectivity index (χ4n) is 3.57. The van der Waals surface area contributed by atoms with Crippen LogP contribution >= 0.6 is 0 Å². The van der Waals surface area contributed by atoms with Crippen LogP contribution < -0.4 is 15.4 Å². The van der Waals surface area contributed by atoms with Crippen molar-refractivity contribution in [1.82, 2.24) is 5.01 Å². The highest BCUT2D eigenvalue weighted by atomic mass is 16.5. The summed E-state index contributed by atoms with van der Waals surface area (Å²) in [6.45, 7) is 0.351. The Labute approximate surface area is 203 Å². The number of ether oxygens (including phenoxy) is 1. The van der Waals surface area contributed by atoms with Gasteiger partial charge >= 0.3 is 0 Å². The smallest absolute Gasteiger partial charge is 0.262 e. The van der Waals surface area contributed by atoms with Crippen molar-refractivity contribution in [3.8, 4) is 5.75 Å². The van der Waals surface area contributed by atoms with Crippen molar-refractivity contribution >= 4 is 34.8 Å². The van der Waals surface area contributed by atoms with E-state index < -0.39 is 0 Å². The van der Waals surface area contributed by atoms with Gasteiger partial charge in [-0.15, -0.1) is 0 Å². The highest BCUT2D eigenvalue weighted by Gasteiger charge is 2.22. The minimum absolute atomic E-state index is 0.0378. The highest BCUT2D eigenvalue weighted by Crippen LogP contribution is 2.19. The predicted octanol–water partition coefficient (Wildman–Crippen LogP) is 4.06. The topological polar surface area (TPSA) is 100 Å². The summed E-state index contributed by atoms with van der Waals surface area (Å²) in [5.41, 5.74) is 3.08. The first-order valence-electron chi connectivity index (χ1n) is 11.4. The van der Waals surface area contributed by atoms with E-state index in [1.165, 1.54) is 5.01 Å². The zero-order chi connectivity index (χ0) is 24.5. The van der Waals surface area contributed by atoms with Crippen molar-refractivity contribution < 1.29 is 19.1 Å². The molecule has 0 aliphatic carbocycles. The number of anilines is 2. The van der Waals surface area contributed by atoms with E-state index in [4.69, 9.17) is 4.74 Å². The van der Waals surface area contributed by atoms with Crippen LogP contribution in [0.15, 0.2) is 90.0 Å². The molecular formula is C27H26N4O4. The third-order valence-electron chi connectivity index (χ3n) is 5.31. The number of hydrazone groups is 1. The molecular weight excluding hydrogens is 444 g/mol. The van der Waals surface area contributed by atoms with Gasteiger partial charge in [-0.1, -0.05) is 54.6 Å². The molecule has 3 aromatic rings. The molecule has 2 N–H and O–H groups in total. The van der Waals surface area contributed by atoms with Crippen LogP contribution in [-0.4, -0.2) is 41.6 Å². The summed E-state index contributed by atoms with van der Waals surface area (Å²) in [4.78, 5) is 36.9. The second-order valence-corrected chi connectivity index (χ2v) is 7.96. The van der Waals surface area contributed by atoms with Crippen molar-refractivity contribution in [3.63, 3.8) is 0 Å². The molecule has 1 aliphatic heterocycles. The second-order valence-electron chi connectivity index (χ2n) is 7.96. The molecule has 178 valence electrons. The Morgan fingerprint density at radius 3 is 2.26 bits per heavy atom. The number of amides is 3. The Balaban J connectivity index is 1.22. The number of carbonyl (C=O) groups excluding carboxylic acids is 3. The molecule has 0 unspecified atom stereocenters. The van der Waals surface area contributed by atoms with Crippen molar-refractivity contribution in [2.45, 2.75) is 19.3 Å². The summed E-state index contributed by atoms with van der Waals surface area (Å²) in [6.07, 6.45) is 0.793. The molecule has 8 nitrogen and oxygen atoms in total. The molecule has 35 heavy (non-hydrogen) atoms. The minimum atomic E-state index is -0.288. The Kier molecular flexibility index (Phi) is 7.85. The molecule has 3 amide bonds. The Bertz CT molecular complexity index is 1210. The number of nitrogens with one attached hydrogen (secondary N) is 2. The molecule has 0 spiro atoms. The highest BCUT2D eigenvalue weighted by molar-refractivity contribution is 6.03. The van der Waals surface area contributed by atoms with Gasteiger partial charge < -0.3 is 15.4 Å². The minimum Gasteiger partial charge on any atom is -0.484 e. The number of hydrogen-bond donors (Lipinski definition) is 2. The molecule has 1 heterocycles. The summed E-state index contributed by atoms with van der Waals surface area (Å²) in [7, 11) is 0. The van der Waals surface area contributed by atoms with E-state index in [2.05, 4.69) is 15.7 Å². The first-order chi connectivity index (χ1) is 17.1. The lowest BCUT2D eigenvalue weighted by molar-refractivity contribution is -0.132. The number of carbonyl (C=O) groups is 3. The van der Waals surface area contributed by atoms with Gasteiger partial charge in [-0.3, -0.25) is 14.4 Å². The molecule has 0 fully saturated rings. The van der Waals surface area contributed by atoms with E-state index in [0.29, 0.717) is 30.1 Å². The molecule has 8 heteroatoms. The van der Waals surface area contributed by atoms with Crippen LogP contribution in [0.25, 0.3) is 0 Å². The lowest BCUT2D eigenvalue weighted by Crippen LogP contribution is -2.25. The third kappa shape index (κ3) is 7.01. The Morgan fingerprint density at radius 2 is 1.49 bits per heavy atom. The normalized spacial score (nSPS) is 12.6. The zero-order valence-electron chi connectivity index (χ0n) is 19.1. The summed E-state index contributed by atoms with van der Waals surface area (Å²) in [5.74, 6) is -0.317. The van der Waals surface area contributed by atoms with Gasteiger partial charge in [0, 0.05) is 36.7 Å². The van der Waals surface area contributed by atoms with Crippen LogP contribution in [0.4, 0.5) is 11.4 Å². The molecule has 0 bridgehead atoms. The summed E-state index contributed by atoms with van der Waals surface area (Å²) in [6, 6.07) is 25.6. The third-order valence-corrected chi connectivity index (χ3v) is 5.31. The molecule has 1 aliphatic rings. The first kappa shape index (κ1) is 23.7. The van der Waals surface area contributed by atoms with Gasteiger partial charge in [0.25, 0.3) is 5.91 Å². The number of nitrogens with zero attached hydrogens (tertiary/aromatic N) is 2. The first-order valence-corrected chi connectivity index (χ1v) is 11.4. The maximum absolute atomic E-state index is 12.5. The fourth-order valence-corrected chi connectivity index (χ4v) is 3.57. The van der Waals surface area contributed by atoms with Gasteiger partial charge in [0.05, 0.1) is 12.3 Å². The lowest BCUT2D eigenvalue weighted by atomic mass is 10.1. The zero-order valence-corrected chi connectivity index (χ0v) is 19.1. The van der Waals surface area contributed by atoms with Crippen LogP contribution in [0.2, 0.25) is 0 Å². The van der Waals surface area contributed by atoms with Crippen molar-refractivity contribution in [3.05, 3.63) is 90.5 Å². The SMILES string of the molecule is O=C(CCC(=O)N1CCC(c2ccccc2)=N1)Nc1cccc(OCC(=O)Nc2ccccc2)c1. The average molecular weight is 471 g/mol. The average Bonchev–Trinajstić information content (AvgIpc) is 3.38. The monoisotopic (exact) mass is 470 g/mol. The predicted molar refractivity (Wildman–Crippen MR) is 134 cm³/mol. The maximum atomic E-state index is 12.5. The number of para-hydroxylation sites is 1. The van der Waals surface area contributed by atoms with Crippen molar-refractivity contribution in [2.75, 3.05) is 23.8 Å². The molecule has 0 saturated carbocycles. The Hall–Kier alpha value is -4.46. The fraction of sp³-hybridized carbons (Fsp3) is 0.185. The van der Waals surface area contributed by atoms with E-state index in [9.17, 15) is 14.4 Å². The van der Waals surface area contributed by atoms with Gasteiger partial charge in [0.1, 0.15) is 5.75 Å². The second kappa shape index (κ2) is 11.6. The molecule has 0 aromatic heterocycles. The van der Waals surface area contributed by atoms with Gasteiger partial charge in [0.2, 0.25) is 11.8 Å².